The van der Waals surface area contributed by atoms with Crippen LogP contribution in [0.5, 0.6) is 0 Å². The van der Waals surface area contributed by atoms with Crippen molar-refractivity contribution in [1.29, 1.82) is 5.41 Å². The van der Waals surface area contributed by atoms with Gasteiger partial charge in [0, 0.05) is 29.6 Å². The number of nitrogen functional groups attached to an aromatic ring is 1. The molecule has 1 aliphatic rings. The molecule has 0 atom stereocenters. The van der Waals surface area contributed by atoms with Crippen LogP contribution in [-0.2, 0) is 6.54 Å². The topological polar surface area (TPSA) is 79.0 Å². The van der Waals surface area contributed by atoms with E-state index in [2.05, 4.69) is 5.32 Å². The molecule has 118 valence electrons. The van der Waals surface area contributed by atoms with Gasteiger partial charge in [-0.2, -0.15) is 0 Å². The Balaban J connectivity index is 1.82. The molecule has 0 aliphatic heterocycles. The maximum atomic E-state index is 12.3. The summed E-state index contributed by atoms with van der Waals surface area (Å²) in [6, 6.07) is 11.4. The molecular weight excluding hydrogens is 286 g/mol. The highest BCUT2D eigenvalue weighted by molar-refractivity contribution is 5.94. The molecule has 0 radical (unpaired) electrons. The molecule has 4 N–H and O–H groups in total. The molecule has 1 amide bonds. The van der Waals surface area contributed by atoms with E-state index in [0.717, 1.165) is 16.7 Å². The number of amides is 1. The highest BCUT2D eigenvalue weighted by Gasteiger charge is 2.27. The lowest BCUT2D eigenvalue weighted by Crippen LogP contribution is -2.24. The zero-order chi connectivity index (χ0) is 16.4. The summed E-state index contributed by atoms with van der Waals surface area (Å²) in [6.45, 7) is 2.39. The molecule has 1 fully saturated rings. The summed E-state index contributed by atoms with van der Waals surface area (Å²) >= 11 is 0. The van der Waals surface area contributed by atoms with Gasteiger partial charge in [-0.05, 0) is 55.0 Å². The van der Waals surface area contributed by atoms with Crippen LogP contribution in [0, 0.1) is 12.3 Å². The normalized spacial score (nSPS) is 13.6. The van der Waals surface area contributed by atoms with Gasteiger partial charge in [-0.1, -0.05) is 23.8 Å². The fraction of sp³-hybridized carbons (Fsp3) is 0.263. The largest absolute Gasteiger partial charge is 0.398 e. The third-order valence-electron chi connectivity index (χ3n) is 4.33. The monoisotopic (exact) mass is 307 g/mol. The fourth-order valence-electron chi connectivity index (χ4n) is 2.82. The Morgan fingerprint density at radius 3 is 2.57 bits per heavy atom. The molecule has 0 unspecified atom stereocenters. The van der Waals surface area contributed by atoms with E-state index < -0.39 is 0 Å². The Morgan fingerprint density at radius 1 is 1.26 bits per heavy atom. The molecule has 0 bridgehead atoms. The number of rotatable bonds is 5. The summed E-state index contributed by atoms with van der Waals surface area (Å²) in [5.74, 6) is 0.436. The van der Waals surface area contributed by atoms with Crippen molar-refractivity contribution in [1.82, 2.24) is 5.32 Å². The van der Waals surface area contributed by atoms with E-state index in [4.69, 9.17) is 11.1 Å². The van der Waals surface area contributed by atoms with Gasteiger partial charge in [0.15, 0.2) is 0 Å². The standard InChI is InChI=1S/C19H21N3O/c1-12-2-4-14(5-3-12)19(23)22-11-17-15(13-6-7-13)8-9-18(21)16(17)10-20/h2-5,8-10,13,20H,6-7,11,21H2,1H3,(H,22,23). The Morgan fingerprint density at radius 2 is 1.96 bits per heavy atom. The molecule has 1 saturated carbocycles. The van der Waals surface area contributed by atoms with Crippen molar-refractivity contribution in [2.24, 2.45) is 0 Å². The molecule has 0 heterocycles. The summed E-state index contributed by atoms with van der Waals surface area (Å²) in [5, 5.41) is 10.6. The lowest BCUT2D eigenvalue weighted by molar-refractivity contribution is 0.0951. The molecule has 0 spiro atoms. The number of anilines is 1. The van der Waals surface area contributed by atoms with Crippen LogP contribution in [0.4, 0.5) is 5.69 Å². The summed E-state index contributed by atoms with van der Waals surface area (Å²) < 4.78 is 0. The number of nitrogens with one attached hydrogen (secondary N) is 2. The van der Waals surface area contributed by atoms with Crippen LogP contribution in [0.2, 0.25) is 0 Å². The highest BCUT2D eigenvalue weighted by atomic mass is 16.1. The molecule has 1 aliphatic carbocycles. The Kier molecular flexibility index (Phi) is 4.15. The van der Waals surface area contributed by atoms with Crippen molar-refractivity contribution < 1.29 is 4.79 Å². The second-order valence-electron chi connectivity index (χ2n) is 6.10. The van der Waals surface area contributed by atoms with E-state index in [-0.39, 0.29) is 5.91 Å². The SMILES string of the molecule is Cc1ccc(C(=O)NCc2c(C3CC3)ccc(N)c2C=N)cc1. The molecule has 23 heavy (non-hydrogen) atoms. The van der Waals surface area contributed by atoms with Crippen molar-refractivity contribution >= 4 is 17.8 Å². The summed E-state index contributed by atoms with van der Waals surface area (Å²) in [7, 11) is 0. The Bertz CT molecular complexity index is 746. The first-order valence-electron chi connectivity index (χ1n) is 7.86. The van der Waals surface area contributed by atoms with E-state index >= 15 is 0 Å². The zero-order valence-corrected chi connectivity index (χ0v) is 13.2. The van der Waals surface area contributed by atoms with E-state index in [0.29, 0.717) is 23.7 Å². The van der Waals surface area contributed by atoms with E-state index in [1.165, 1.54) is 24.6 Å². The Hall–Kier alpha value is -2.62. The first kappa shape index (κ1) is 15.3. The third-order valence-corrected chi connectivity index (χ3v) is 4.33. The lowest BCUT2D eigenvalue weighted by atomic mass is 9.96. The maximum Gasteiger partial charge on any atom is 0.251 e. The average Bonchev–Trinajstić information content (AvgIpc) is 3.38. The van der Waals surface area contributed by atoms with Crippen LogP contribution in [0.15, 0.2) is 36.4 Å². The van der Waals surface area contributed by atoms with Gasteiger partial charge in [0.25, 0.3) is 5.91 Å². The van der Waals surface area contributed by atoms with Gasteiger partial charge in [0.05, 0.1) is 0 Å². The molecular formula is C19H21N3O. The van der Waals surface area contributed by atoms with Gasteiger partial charge < -0.3 is 16.5 Å². The lowest BCUT2D eigenvalue weighted by Gasteiger charge is -2.15. The van der Waals surface area contributed by atoms with Gasteiger partial charge in [-0.3, -0.25) is 4.79 Å². The number of benzene rings is 2. The highest BCUT2D eigenvalue weighted by Crippen LogP contribution is 2.43. The first-order valence-corrected chi connectivity index (χ1v) is 7.86. The number of carbonyl (C=O) groups excluding carboxylic acids is 1. The number of hydrogen-bond acceptors (Lipinski definition) is 3. The smallest absolute Gasteiger partial charge is 0.251 e. The molecule has 4 heteroatoms. The van der Waals surface area contributed by atoms with Crippen molar-refractivity contribution in [2.75, 3.05) is 5.73 Å². The van der Waals surface area contributed by atoms with Crippen LogP contribution < -0.4 is 11.1 Å². The van der Waals surface area contributed by atoms with E-state index in [1.54, 1.807) is 0 Å². The van der Waals surface area contributed by atoms with Crippen molar-refractivity contribution in [3.63, 3.8) is 0 Å². The third kappa shape index (κ3) is 3.26. The summed E-state index contributed by atoms with van der Waals surface area (Å²) in [6.07, 6.45) is 3.62. The van der Waals surface area contributed by atoms with E-state index in [9.17, 15) is 4.79 Å². The van der Waals surface area contributed by atoms with Crippen molar-refractivity contribution in [3.05, 3.63) is 64.2 Å². The van der Waals surface area contributed by atoms with Crippen LogP contribution >= 0.6 is 0 Å². The molecule has 0 saturated heterocycles. The van der Waals surface area contributed by atoms with Crippen molar-refractivity contribution in [2.45, 2.75) is 32.2 Å². The van der Waals surface area contributed by atoms with Gasteiger partial charge >= 0.3 is 0 Å². The minimum atomic E-state index is -0.106. The van der Waals surface area contributed by atoms with Crippen LogP contribution in [0.3, 0.4) is 0 Å². The minimum Gasteiger partial charge on any atom is -0.398 e. The van der Waals surface area contributed by atoms with Crippen LogP contribution in [0.1, 0.15) is 51.4 Å². The number of carbonyl (C=O) groups is 1. The average molecular weight is 307 g/mol. The molecule has 4 nitrogen and oxygen atoms in total. The predicted octanol–water partition coefficient (Wildman–Crippen LogP) is 3.38. The van der Waals surface area contributed by atoms with Crippen LogP contribution in [-0.4, -0.2) is 12.1 Å². The van der Waals surface area contributed by atoms with Gasteiger partial charge in [-0.15, -0.1) is 0 Å². The quantitative estimate of drug-likeness (QED) is 0.585. The molecule has 2 aromatic rings. The molecule has 0 aromatic heterocycles. The Labute approximate surface area is 136 Å². The maximum absolute atomic E-state index is 12.3. The summed E-state index contributed by atoms with van der Waals surface area (Å²) in [5.41, 5.74) is 11.3. The molecule has 2 aromatic carbocycles. The first-order chi connectivity index (χ1) is 11.1. The van der Waals surface area contributed by atoms with Gasteiger partial charge in [0.2, 0.25) is 0 Å². The van der Waals surface area contributed by atoms with Crippen molar-refractivity contribution in [3.8, 4) is 0 Å². The van der Waals surface area contributed by atoms with Crippen LogP contribution in [0.25, 0.3) is 0 Å². The second-order valence-corrected chi connectivity index (χ2v) is 6.10. The second kappa shape index (κ2) is 6.24. The number of aryl methyl sites for hydroxylation is 1. The predicted molar refractivity (Wildman–Crippen MR) is 93.1 cm³/mol. The minimum absolute atomic E-state index is 0.106. The zero-order valence-electron chi connectivity index (χ0n) is 13.2. The van der Waals surface area contributed by atoms with E-state index in [1.807, 2.05) is 43.3 Å². The van der Waals surface area contributed by atoms with Gasteiger partial charge in [0.1, 0.15) is 0 Å². The summed E-state index contributed by atoms with van der Waals surface area (Å²) in [4.78, 5) is 12.3. The molecule has 3 rings (SSSR count). The fourth-order valence-corrected chi connectivity index (χ4v) is 2.82. The van der Waals surface area contributed by atoms with Gasteiger partial charge in [-0.25, -0.2) is 0 Å². The number of hydrogen-bond donors (Lipinski definition) is 3. The number of nitrogens with two attached hydrogens (primary N) is 1.